The van der Waals surface area contributed by atoms with E-state index in [4.69, 9.17) is 11.2 Å². The van der Waals surface area contributed by atoms with Crippen LogP contribution >= 0.6 is 0 Å². The van der Waals surface area contributed by atoms with Crippen molar-refractivity contribution in [3.63, 3.8) is 0 Å². The van der Waals surface area contributed by atoms with Gasteiger partial charge < -0.3 is 10.1 Å². The lowest BCUT2D eigenvalue weighted by Crippen LogP contribution is -2.34. The van der Waals surface area contributed by atoms with Crippen LogP contribution in [0.2, 0.25) is 0 Å². The Morgan fingerprint density at radius 1 is 1.80 bits per heavy atom. The van der Waals surface area contributed by atoms with Crippen molar-refractivity contribution in [3.8, 4) is 12.3 Å². The summed E-state index contributed by atoms with van der Waals surface area (Å²) in [7, 11) is 0. The van der Waals surface area contributed by atoms with Gasteiger partial charge in [0.15, 0.2) is 0 Å². The predicted molar refractivity (Wildman–Crippen MR) is 40.7 cm³/mol. The molecule has 56 valence electrons. The second kappa shape index (κ2) is 3.60. The standard InChI is InChI=1S/C8H13NO/c1-3-5-9-8-4-6-10-7(8)2/h1,7-9H,4-6H2,2H3. The topological polar surface area (TPSA) is 21.3 Å². The first kappa shape index (κ1) is 7.59. The molecule has 0 bridgehead atoms. The van der Waals surface area contributed by atoms with Gasteiger partial charge in [-0.15, -0.1) is 6.42 Å². The Morgan fingerprint density at radius 2 is 2.60 bits per heavy atom. The average molecular weight is 139 g/mol. The number of rotatable bonds is 2. The minimum Gasteiger partial charge on any atom is -0.377 e. The zero-order valence-corrected chi connectivity index (χ0v) is 6.26. The minimum absolute atomic E-state index is 0.327. The van der Waals surface area contributed by atoms with E-state index >= 15 is 0 Å². The number of ether oxygens (including phenoxy) is 1. The average Bonchev–Trinajstić information content (AvgIpc) is 2.31. The third-order valence-corrected chi connectivity index (χ3v) is 1.84. The summed E-state index contributed by atoms with van der Waals surface area (Å²) in [4.78, 5) is 0. The summed E-state index contributed by atoms with van der Waals surface area (Å²) in [5, 5.41) is 3.22. The van der Waals surface area contributed by atoms with Crippen molar-refractivity contribution in [3.05, 3.63) is 0 Å². The molecule has 0 saturated carbocycles. The molecule has 1 fully saturated rings. The third kappa shape index (κ3) is 1.73. The molecule has 2 unspecified atom stereocenters. The molecule has 0 aromatic carbocycles. The van der Waals surface area contributed by atoms with E-state index in [2.05, 4.69) is 18.2 Å². The Kier molecular flexibility index (Phi) is 2.73. The van der Waals surface area contributed by atoms with E-state index in [1.807, 2.05) is 0 Å². The van der Waals surface area contributed by atoms with Gasteiger partial charge in [0.1, 0.15) is 0 Å². The van der Waals surface area contributed by atoms with Gasteiger partial charge in [-0.1, -0.05) is 5.92 Å². The van der Waals surface area contributed by atoms with E-state index in [0.29, 0.717) is 18.7 Å². The molecule has 0 spiro atoms. The Balaban J connectivity index is 2.21. The van der Waals surface area contributed by atoms with E-state index in [0.717, 1.165) is 13.0 Å². The van der Waals surface area contributed by atoms with E-state index < -0.39 is 0 Å². The zero-order chi connectivity index (χ0) is 7.40. The van der Waals surface area contributed by atoms with Crippen molar-refractivity contribution in [2.24, 2.45) is 0 Å². The summed E-state index contributed by atoms with van der Waals surface area (Å²) < 4.78 is 5.33. The molecule has 2 heteroatoms. The van der Waals surface area contributed by atoms with Gasteiger partial charge in [0, 0.05) is 12.6 Å². The Hall–Kier alpha value is -0.520. The molecular weight excluding hydrogens is 126 g/mol. The van der Waals surface area contributed by atoms with E-state index in [-0.39, 0.29) is 0 Å². The summed E-state index contributed by atoms with van der Waals surface area (Å²) >= 11 is 0. The summed E-state index contributed by atoms with van der Waals surface area (Å²) in [5.41, 5.74) is 0. The Morgan fingerprint density at radius 3 is 3.10 bits per heavy atom. The smallest absolute Gasteiger partial charge is 0.0701 e. The van der Waals surface area contributed by atoms with Crippen LogP contribution < -0.4 is 5.32 Å². The molecule has 1 rings (SSSR count). The van der Waals surface area contributed by atoms with Crippen molar-refractivity contribution < 1.29 is 4.74 Å². The van der Waals surface area contributed by atoms with Gasteiger partial charge in [0.05, 0.1) is 12.6 Å². The molecule has 2 nitrogen and oxygen atoms in total. The highest BCUT2D eigenvalue weighted by molar-refractivity contribution is 4.90. The first-order chi connectivity index (χ1) is 4.84. The van der Waals surface area contributed by atoms with Gasteiger partial charge in [0.2, 0.25) is 0 Å². The van der Waals surface area contributed by atoms with Gasteiger partial charge in [-0.25, -0.2) is 0 Å². The first-order valence-electron chi connectivity index (χ1n) is 3.63. The second-order valence-electron chi connectivity index (χ2n) is 2.56. The van der Waals surface area contributed by atoms with Crippen LogP contribution in [0.4, 0.5) is 0 Å². The van der Waals surface area contributed by atoms with Crippen molar-refractivity contribution >= 4 is 0 Å². The molecular formula is C8H13NO. The fraction of sp³-hybridized carbons (Fsp3) is 0.750. The normalized spacial score (nSPS) is 32.0. The van der Waals surface area contributed by atoms with Gasteiger partial charge in [-0.05, 0) is 13.3 Å². The van der Waals surface area contributed by atoms with E-state index in [9.17, 15) is 0 Å². The number of nitrogens with one attached hydrogen (secondary N) is 1. The van der Waals surface area contributed by atoms with Crippen LogP contribution in [0, 0.1) is 12.3 Å². The highest BCUT2D eigenvalue weighted by atomic mass is 16.5. The molecule has 0 amide bonds. The fourth-order valence-electron chi connectivity index (χ4n) is 1.19. The van der Waals surface area contributed by atoms with Crippen LogP contribution in [0.25, 0.3) is 0 Å². The molecule has 0 aromatic rings. The van der Waals surface area contributed by atoms with Crippen LogP contribution in [0.15, 0.2) is 0 Å². The molecule has 1 N–H and O–H groups in total. The summed E-state index contributed by atoms with van der Waals surface area (Å²) in [6.07, 6.45) is 6.51. The van der Waals surface area contributed by atoms with Crippen molar-refractivity contribution in [1.82, 2.24) is 5.32 Å². The highest BCUT2D eigenvalue weighted by Gasteiger charge is 2.22. The van der Waals surface area contributed by atoms with E-state index in [1.165, 1.54) is 0 Å². The minimum atomic E-state index is 0.327. The monoisotopic (exact) mass is 139 g/mol. The van der Waals surface area contributed by atoms with Gasteiger partial charge in [0.25, 0.3) is 0 Å². The number of terminal acetylenes is 1. The maximum absolute atomic E-state index is 5.33. The molecule has 1 saturated heterocycles. The van der Waals surface area contributed by atoms with Crippen molar-refractivity contribution in [2.75, 3.05) is 13.2 Å². The molecule has 0 radical (unpaired) electrons. The molecule has 1 heterocycles. The van der Waals surface area contributed by atoms with Crippen LogP contribution in [0.5, 0.6) is 0 Å². The highest BCUT2D eigenvalue weighted by Crippen LogP contribution is 2.11. The Labute approximate surface area is 62.0 Å². The molecule has 0 aliphatic carbocycles. The van der Waals surface area contributed by atoms with Crippen LogP contribution in [0.1, 0.15) is 13.3 Å². The number of hydrogen-bond donors (Lipinski definition) is 1. The molecule has 1 aliphatic heterocycles. The Bertz CT molecular complexity index is 139. The summed E-state index contributed by atoms with van der Waals surface area (Å²) in [5.74, 6) is 2.55. The largest absolute Gasteiger partial charge is 0.377 e. The molecule has 2 atom stereocenters. The van der Waals surface area contributed by atoms with Crippen molar-refractivity contribution in [1.29, 1.82) is 0 Å². The lowest BCUT2D eigenvalue weighted by molar-refractivity contribution is 0.114. The zero-order valence-electron chi connectivity index (χ0n) is 6.26. The molecule has 0 aromatic heterocycles. The predicted octanol–water partition coefficient (Wildman–Crippen LogP) is 0.387. The van der Waals surface area contributed by atoms with Gasteiger partial charge >= 0.3 is 0 Å². The lowest BCUT2D eigenvalue weighted by atomic mass is 10.1. The third-order valence-electron chi connectivity index (χ3n) is 1.84. The molecule has 10 heavy (non-hydrogen) atoms. The maximum atomic E-state index is 5.33. The van der Waals surface area contributed by atoms with Gasteiger partial charge in [-0.2, -0.15) is 0 Å². The van der Waals surface area contributed by atoms with Gasteiger partial charge in [-0.3, -0.25) is 0 Å². The quantitative estimate of drug-likeness (QED) is 0.559. The maximum Gasteiger partial charge on any atom is 0.0701 e. The summed E-state index contributed by atoms with van der Waals surface area (Å²) in [6.45, 7) is 3.59. The van der Waals surface area contributed by atoms with Crippen LogP contribution in [0.3, 0.4) is 0 Å². The fourth-order valence-corrected chi connectivity index (χ4v) is 1.19. The van der Waals surface area contributed by atoms with Crippen LogP contribution in [-0.2, 0) is 4.74 Å². The first-order valence-corrected chi connectivity index (χ1v) is 3.63. The lowest BCUT2D eigenvalue weighted by Gasteiger charge is -2.13. The second-order valence-corrected chi connectivity index (χ2v) is 2.56. The number of hydrogen-bond acceptors (Lipinski definition) is 2. The SMILES string of the molecule is C#CCNC1CCOC1C. The van der Waals surface area contributed by atoms with Crippen molar-refractivity contribution in [2.45, 2.75) is 25.5 Å². The van der Waals surface area contributed by atoms with Crippen LogP contribution in [-0.4, -0.2) is 25.3 Å². The van der Waals surface area contributed by atoms with E-state index in [1.54, 1.807) is 0 Å². The summed E-state index contributed by atoms with van der Waals surface area (Å²) in [6, 6.07) is 0.469. The molecule has 1 aliphatic rings.